The van der Waals surface area contributed by atoms with E-state index < -0.39 is 0 Å². The van der Waals surface area contributed by atoms with Crippen LogP contribution in [0.25, 0.3) is 0 Å². The Balaban J connectivity index is 1.66. The number of anilines is 4. The minimum atomic E-state index is 0.484. The molecule has 0 amide bonds. The summed E-state index contributed by atoms with van der Waals surface area (Å²) in [6.07, 6.45) is 2.28. The molecule has 0 bridgehead atoms. The van der Waals surface area contributed by atoms with Gasteiger partial charge < -0.3 is 25.8 Å². The zero-order valence-corrected chi connectivity index (χ0v) is 17.2. The number of rotatable bonds is 8. The standard InChI is InChI=1S/C22H27N5O2/c1-14-5-7-17(11-15(14)2)27-22-20(23)21(25-13-26-22)24-10-9-16-6-8-18(28-3)19(12-16)29-4/h5-8,11-13H,9-10,23H2,1-4H3,(H2,24,25,26,27). The molecule has 1 heterocycles. The van der Waals surface area contributed by atoms with Crippen molar-refractivity contribution in [2.75, 3.05) is 37.1 Å². The molecule has 7 nitrogen and oxygen atoms in total. The van der Waals surface area contributed by atoms with Crippen molar-refractivity contribution in [3.05, 3.63) is 59.4 Å². The minimum Gasteiger partial charge on any atom is -0.493 e. The van der Waals surface area contributed by atoms with Crippen LogP contribution >= 0.6 is 0 Å². The lowest BCUT2D eigenvalue weighted by atomic mass is 10.1. The highest BCUT2D eigenvalue weighted by Crippen LogP contribution is 2.29. The number of aromatic nitrogens is 2. The highest BCUT2D eigenvalue weighted by atomic mass is 16.5. The van der Waals surface area contributed by atoms with Gasteiger partial charge in [0.1, 0.15) is 12.0 Å². The molecule has 3 aromatic rings. The molecule has 4 N–H and O–H groups in total. The number of aryl methyl sites for hydroxylation is 2. The van der Waals surface area contributed by atoms with Crippen molar-refractivity contribution in [3.63, 3.8) is 0 Å². The lowest BCUT2D eigenvalue weighted by molar-refractivity contribution is 0.354. The van der Waals surface area contributed by atoms with Crippen LogP contribution in [0.1, 0.15) is 16.7 Å². The van der Waals surface area contributed by atoms with Gasteiger partial charge in [-0.25, -0.2) is 9.97 Å². The van der Waals surface area contributed by atoms with Gasteiger partial charge in [0, 0.05) is 12.2 Å². The normalized spacial score (nSPS) is 10.5. The van der Waals surface area contributed by atoms with Gasteiger partial charge in [-0.1, -0.05) is 12.1 Å². The zero-order chi connectivity index (χ0) is 20.8. The molecule has 0 unspecified atom stereocenters. The number of nitrogens with zero attached hydrogens (tertiary/aromatic N) is 2. The quantitative estimate of drug-likeness (QED) is 0.530. The molecule has 0 saturated carbocycles. The predicted octanol–water partition coefficient (Wildman–Crippen LogP) is 4.09. The summed E-state index contributed by atoms with van der Waals surface area (Å²) in [6, 6.07) is 12.0. The second-order valence-corrected chi connectivity index (χ2v) is 6.77. The summed E-state index contributed by atoms with van der Waals surface area (Å²) >= 11 is 0. The third-order valence-corrected chi connectivity index (χ3v) is 4.81. The summed E-state index contributed by atoms with van der Waals surface area (Å²) in [5.41, 5.74) is 11.3. The Labute approximate surface area is 171 Å². The Morgan fingerprint density at radius 2 is 1.66 bits per heavy atom. The van der Waals surface area contributed by atoms with Crippen LogP contribution in [0.3, 0.4) is 0 Å². The van der Waals surface area contributed by atoms with Crippen LogP contribution in [0.2, 0.25) is 0 Å². The van der Waals surface area contributed by atoms with Gasteiger partial charge in [0.15, 0.2) is 23.1 Å². The number of nitrogens with one attached hydrogen (secondary N) is 2. The summed E-state index contributed by atoms with van der Waals surface area (Å²) in [5, 5.41) is 6.56. The fraction of sp³-hybridized carbons (Fsp3) is 0.273. The van der Waals surface area contributed by atoms with Gasteiger partial charge in [-0.3, -0.25) is 0 Å². The molecule has 0 atom stereocenters. The molecular weight excluding hydrogens is 366 g/mol. The maximum absolute atomic E-state index is 6.28. The molecule has 29 heavy (non-hydrogen) atoms. The SMILES string of the molecule is COc1ccc(CCNc2ncnc(Nc3ccc(C)c(C)c3)c2N)cc1OC. The van der Waals surface area contributed by atoms with Gasteiger partial charge in [-0.15, -0.1) is 0 Å². The molecular formula is C22H27N5O2. The predicted molar refractivity (Wildman–Crippen MR) is 117 cm³/mol. The molecule has 0 fully saturated rings. The molecule has 0 aliphatic rings. The van der Waals surface area contributed by atoms with Gasteiger partial charge in [0.25, 0.3) is 0 Å². The van der Waals surface area contributed by atoms with E-state index in [4.69, 9.17) is 15.2 Å². The average Bonchev–Trinajstić information content (AvgIpc) is 2.73. The third kappa shape index (κ3) is 4.87. The molecule has 0 aliphatic carbocycles. The molecule has 7 heteroatoms. The van der Waals surface area contributed by atoms with E-state index in [1.54, 1.807) is 14.2 Å². The van der Waals surface area contributed by atoms with Crippen molar-refractivity contribution in [3.8, 4) is 11.5 Å². The molecule has 0 radical (unpaired) electrons. The number of nitrogens with two attached hydrogens (primary N) is 1. The first-order valence-electron chi connectivity index (χ1n) is 9.41. The number of hydrogen-bond acceptors (Lipinski definition) is 7. The molecule has 1 aromatic heterocycles. The summed E-state index contributed by atoms with van der Waals surface area (Å²) in [5.74, 6) is 2.61. The summed E-state index contributed by atoms with van der Waals surface area (Å²) < 4.78 is 10.6. The lowest BCUT2D eigenvalue weighted by Gasteiger charge is -2.14. The maximum Gasteiger partial charge on any atom is 0.160 e. The lowest BCUT2D eigenvalue weighted by Crippen LogP contribution is -2.11. The monoisotopic (exact) mass is 393 g/mol. The van der Waals surface area contributed by atoms with Crippen molar-refractivity contribution >= 4 is 23.0 Å². The van der Waals surface area contributed by atoms with Gasteiger partial charge in [-0.05, 0) is 61.2 Å². The van der Waals surface area contributed by atoms with Crippen molar-refractivity contribution in [2.24, 2.45) is 0 Å². The Kier molecular flexibility index (Phi) is 6.39. The van der Waals surface area contributed by atoms with Crippen LogP contribution in [-0.2, 0) is 6.42 Å². The maximum atomic E-state index is 6.28. The van der Waals surface area contributed by atoms with E-state index in [-0.39, 0.29) is 0 Å². The molecule has 152 valence electrons. The molecule has 0 spiro atoms. The van der Waals surface area contributed by atoms with Crippen LogP contribution in [0, 0.1) is 13.8 Å². The molecule has 0 saturated heterocycles. The Morgan fingerprint density at radius 3 is 2.38 bits per heavy atom. The number of nitrogen functional groups attached to an aromatic ring is 1. The average molecular weight is 393 g/mol. The number of ether oxygens (including phenoxy) is 2. The van der Waals surface area contributed by atoms with Crippen LogP contribution in [0.15, 0.2) is 42.7 Å². The van der Waals surface area contributed by atoms with Crippen molar-refractivity contribution < 1.29 is 9.47 Å². The molecule has 2 aromatic carbocycles. The second kappa shape index (κ2) is 9.14. The van der Waals surface area contributed by atoms with E-state index in [1.807, 2.05) is 24.3 Å². The Bertz CT molecular complexity index is 991. The first-order valence-corrected chi connectivity index (χ1v) is 9.41. The Hall–Kier alpha value is -3.48. The smallest absolute Gasteiger partial charge is 0.160 e. The second-order valence-electron chi connectivity index (χ2n) is 6.77. The first kappa shape index (κ1) is 20.3. The van der Waals surface area contributed by atoms with Crippen molar-refractivity contribution in [1.29, 1.82) is 0 Å². The van der Waals surface area contributed by atoms with Crippen molar-refractivity contribution in [1.82, 2.24) is 9.97 Å². The van der Waals surface area contributed by atoms with Crippen molar-refractivity contribution in [2.45, 2.75) is 20.3 Å². The van der Waals surface area contributed by atoms with E-state index in [0.717, 1.165) is 17.7 Å². The highest BCUT2D eigenvalue weighted by molar-refractivity contribution is 5.77. The van der Waals surface area contributed by atoms with Crippen LogP contribution < -0.4 is 25.8 Å². The largest absolute Gasteiger partial charge is 0.493 e. The summed E-state index contributed by atoms with van der Waals surface area (Å²) in [6.45, 7) is 4.82. The Morgan fingerprint density at radius 1 is 0.897 bits per heavy atom. The summed E-state index contributed by atoms with van der Waals surface area (Å²) in [7, 11) is 3.26. The zero-order valence-electron chi connectivity index (χ0n) is 17.2. The molecule has 0 aliphatic heterocycles. The van der Waals surface area contributed by atoms with Crippen LogP contribution in [0.5, 0.6) is 11.5 Å². The fourth-order valence-corrected chi connectivity index (χ4v) is 2.95. The van der Waals surface area contributed by atoms with E-state index in [0.29, 0.717) is 35.4 Å². The molecule has 3 rings (SSSR count). The number of hydrogen-bond donors (Lipinski definition) is 3. The highest BCUT2D eigenvalue weighted by Gasteiger charge is 2.09. The van der Waals surface area contributed by atoms with E-state index >= 15 is 0 Å². The summed E-state index contributed by atoms with van der Waals surface area (Å²) in [4.78, 5) is 8.55. The fourth-order valence-electron chi connectivity index (χ4n) is 2.95. The third-order valence-electron chi connectivity index (χ3n) is 4.81. The van der Waals surface area contributed by atoms with Gasteiger partial charge >= 0.3 is 0 Å². The first-order chi connectivity index (χ1) is 14.0. The minimum absolute atomic E-state index is 0.484. The van der Waals surface area contributed by atoms with Gasteiger partial charge in [0.05, 0.1) is 14.2 Å². The van der Waals surface area contributed by atoms with Gasteiger partial charge in [-0.2, -0.15) is 0 Å². The van der Waals surface area contributed by atoms with Crippen LogP contribution in [-0.4, -0.2) is 30.7 Å². The topological polar surface area (TPSA) is 94.3 Å². The van der Waals surface area contributed by atoms with E-state index in [9.17, 15) is 0 Å². The van der Waals surface area contributed by atoms with Crippen LogP contribution in [0.4, 0.5) is 23.0 Å². The number of methoxy groups -OCH3 is 2. The van der Waals surface area contributed by atoms with Gasteiger partial charge in [0.2, 0.25) is 0 Å². The number of benzene rings is 2. The van der Waals surface area contributed by atoms with E-state index in [2.05, 4.69) is 46.6 Å². The van der Waals surface area contributed by atoms with E-state index in [1.165, 1.54) is 17.5 Å².